The molecule has 0 heterocycles. The van der Waals surface area contributed by atoms with E-state index in [0.717, 1.165) is 0 Å². The highest BCUT2D eigenvalue weighted by Crippen LogP contribution is 2.26. The van der Waals surface area contributed by atoms with Gasteiger partial charge in [-0.3, -0.25) is 4.79 Å². The molecule has 0 aliphatic heterocycles. The minimum Gasteiger partial charge on any atom is -0.492 e. The van der Waals surface area contributed by atoms with Crippen LogP contribution < -0.4 is 10.1 Å². The number of para-hydroxylation sites is 2. The molecule has 0 radical (unpaired) electrons. The van der Waals surface area contributed by atoms with Gasteiger partial charge in [0.05, 0.1) is 12.3 Å². The number of hydrogen-bond donors (Lipinski definition) is 1. The first kappa shape index (κ1) is 20.8. The number of nitrogens with one attached hydrogen (secondary N) is 1. The zero-order valence-corrected chi connectivity index (χ0v) is 16.4. The van der Waals surface area contributed by atoms with Crippen molar-refractivity contribution in [3.05, 3.63) is 64.1 Å². The van der Waals surface area contributed by atoms with Crippen LogP contribution >= 0.6 is 23.2 Å². The quantitative estimate of drug-likeness (QED) is 0.519. The smallest absolute Gasteiger partial charge is 0.331 e. The predicted octanol–water partition coefficient (Wildman–Crippen LogP) is 4.98. The standard InChI is InChI=1S/C20H19Cl2NO4/c1-3-26-18-10-5-4-9-17(18)23-20(25)13(2)27-19(24)12-11-14-15(21)7-6-8-16(14)22/h4-13H,3H2,1-2H3,(H,23,25)/b12-11+. The second-order valence-corrected chi connectivity index (χ2v) is 6.28. The molecule has 1 atom stereocenters. The summed E-state index contributed by atoms with van der Waals surface area (Å²) in [6.45, 7) is 3.79. The predicted molar refractivity (Wildman–Crippen MR) is 107 cm³/mol. The van der Waals surface area contributed by atoms with Crippen molar-refractivity contribution in [1.82, 2.24) is 0 Å². The fourth-order valence-corrected chi connectivity index (χ4v) is 2.70. The molecule has 0 aromatic heterocycles. The minimum absolute atomic E-state index is 0.407. The first-order chi connectivity index (χ1) is 12.9. The highest BCUT2D eigenvalue weighted by molar-refractivity contribution is 6.37. The molecule has 0 saturated heterocycles. The van der Waals surface area contributed by atoms with Gasteiger partial charge in [0.15, 0.2) is 6.10 Å². The Labute approximate surface area is 167 Å². The lowest BCUT2D eigenvalue weighted by molar-refractivity contribution is -0.148. The molecule has 142 valence electrons. The molecule has 2 aromatic carbocycles. The van der Waals surface area contributed by atoms with Crippen molar-refractivity contribution >= 4 is 46.8 Å². The van der Waals surface area contributed by atoms with E-state index in [9.17, 15) is 9.59 Å². The minimum atomic E-state index is -1.00. The molecule has 0 aliphatic carbocycles. The van der Waals surface area contributed by atoms with Gasteiger partial charge >= 0.3 is 5.97 Å². The summed E-state index contributed by atoms with van der Waals surface area (Å²) in [6.07, 6.45) is 1.62. The lowest BCUT2D eigenvalue weighted by Gasteiger charge is -2.15. The second-order valence-electron chi connectivity index (χ2n) is 5.47. The molecular formula is C20H19Cl2NO4. The highest BCUT2D eigenvalue weighted by Gasteiger charge is 2.18. The van der Waals surface area contributed by atoms with Crippen molar-refractivity contribution in [3.8, 4) is 5.75 Å². The van der Waals surface area contributed by atoms with Crippen LogP contribution in [0.3, 0.4) is 0 Å². The molecule has 5 nitrogen and oxygen atoms in total. The molecule has 1 amide bonds. The Balaban J connectivity index is 1.98. The van der Waals surface area contributed by atoms with Crippen molar-refractivity contribution in [1.29, 1.82) is 0 Å². The van der Waals surface area contributed by atoms with Crippen LogP contribution in [0.15, 0.2) is 48.5 Å². The van der Waals surface area contributed by atoms with Crippen LogP contribution in [0.5, 0.6) is 5.75 Å². The van der Waals surface area contributed by atoms with Crippen molar-refractivity contribution in [2.24, 2.45) is 0 Å². The molecule has 0 saturated carbocycles. The molecule has 2 aromatic rings. The Morgan fingerprint density at radius 3 is 2.44 bits per heavy atom. The maximum atomic E-state index is 12.3. The molecule has 1 N–H and O–H groups in total. The number of hydrogen-bond acceptors (Lipinski definition) is 4. The lowest BCUT2D eigenvalue weighted by atomic mass is 10.2. The maximum absolute atomic E-state index is 12.3. The van der Waals surface area contributed by atoms with Gasteiger partial charge in [0, 0.05) is 21.7 Å². The Hall–Kier alpha value is -2.50. The van der Waals surface area contributed by atoms with Crippen LogP contribution in [-0.4, -0.2) is 24.6 Å². The van der Waals surface area contributed by atoms with E-state index >= 15 is 0 Å². The number of esters is 1. The van der Waals surface area contributed by atoms with Crippen LogP contribution in [0.1, 0.15) is 19.4 Å². The third kappa shape index (κ3) is 6.01. The normalized spacial score (nSPS) is 11.9. The third-order valence-electron chi connectivity index (χ3n) is 3.49. The number of benzene rings is 2. The van der Waals surface area contributed by atoms with Crippen LogP contribution in [-0.2, 0) is 14.3 Å². The summed E-state index contributed by atoms with van der Waals surface area (Å²) in [5.41, 5.74) is 1.01. The average Bonchev–Trinajstić information content (AvgIpc) is 2.63. The second kappa shape index (κ2) is 10.00. The van der Waals surface area contributed by atoms with Gasteiger partial charge in [0.1, 0.15) is 5.75 Å². The van der Waals surface area contributed by atoms with Gasteiger partial charge in [-0.15, -0.1) is 0 Å². The summed E-state index contributed by atoms with van der Waals surface area (Å²) in [7, 11) is 0. The molecule has 0 spiro atoms. The van der Waals surface area contributed by atoms with Crippen LogP contribution in [0, 0.1) is 0 Å². The summed E-state index contributed by atoms with van der Waals surface area (Å²) in [6, 6.07) is 12.0. The molecule has 27 heavy (non-hydrogen) atoms. The number of ether oxygens (including phenoxy) is 2. The molecule has 0 fully saturated rings. The van der Waals surface area contributed by atoms with Crippen molar-refractivity contribution in [2.45, 2.75) is 20.0 Å². The van der Waals surface area contributed by atoms with Crippen molar-refractivity contribution < 1.29 is 19.1 Å². The molecule has 0 aliphatic rings. The number of carbonyl (C=O) groups is 2. The number of anilines is 1. The SMILES string of the molecule is CCOc1ccccc1NC(=O)C(C)OC(=O)/C=C/c1c(Cl)cccc1Cl. The Morgan fingerprint density at radius 2 is 1.78 bits per heavy atom. The first-order valence-electron chi connectivity index (χ1n) is 8.27. The Morgan fingerprint density at radius 1 is 1.11 bits per heavy atom. The van der Waals surface area contributed by atoms with E-state index in [2.05, 4.69) is 5.32 Å². The fourth-order valence-electron chi connectivity index (χ4n) is 2.17. The van der Waals surface area contributed by atoms with Crippen LogP contribution in [0.2, 0.25) is 10.0 Å². The average molecular weight is 408 g/mol. The molecule has 2 rings (SSSR count). The molecule has 0 bridgehead atoms. The number of rotatable bonds is 7. The number of amides is 1. The third-order valence-corrected chi connectivity index (χ3v) is 4.15. The number of halogens is 2. The van der Waals surface area contributed by atoms with Crippen molar-refractivity contribution in [3.63, 3.8) is 0 Å². The van der Waals surface area contributed by atoms with E-state index in [-0.39, 0.29) is 0 Å². The topological polar surface area (TPSA) is 64.6 Å². The largest absolute Gasteiger partial charge is 0.492 e. The fraction of sp³-hybridized carbons (Fsp3) is 0.200. The summed E-state index contributed by atoms with van der Waals surface area (Å²) < 4.78 is 10.6. The van der Waals surface area contributed by atoms with Gasteiger partial charge in [-0.1, -0.05) is 41.4 Å². The monoisotopic (exact) mass is 407 g/mol. The van der Waals surface area contributed by atoms with E-state index < -0.39 is 18.0 Å². The zero-order chi connectivity index (χ0) is 19.8. The first-order valence-corrected chi connectivity index (χ1v) is 9.03. The van der Waals surface area contributed by atoms with Gasteiger partial charge in [-0.2, -0.15) is 0 Å². The Kier molecular flexibility index (Phi) is 7.70. The van der Waals surface area contributed by atoms with Gasteiger partial charge < -0.3 is 14.8 Å². The van der Waals surface area contributed by atoms with E-state index in [4.69, 9.17) is 32.7 Å². The van der Waals surface area contributed by atoms with E-state index in [1.807, 2.05) is 6.92 Å². The number of carbonyl (C=O) groups excluding carboxylic acids is 2. The summed E-state index contributed by atoms with van der Waals surface area (Å²) in [5.74, 6) is -0.619. The van der Waals surface area contributed by atoms with Crippen molar-refractivity contribution in [2.75, 3.05) is 11.9 Å². The van der Waals surface area contributed by atoms with Crippen LogP contribution in [0.25, 0.3) is 6.08 Å². The van der Waals surface area contributed by atoms with Gasteiger partial charge in [-0.25, -0.2) is 4.79 Å². The molecule has 1 unspecified atom stereocenters. The van der Waals surface area contributed by atoms with E-state index in [1.165, 1.54) is 19.1 Å². The van der Waals surface area contributed by atoms with E-state index in [1.54, 1.807) is 42.5 Å². The van der Waals surface area contributed by atoms with E-state index in [0.29, 0.717) is 33.7 Å². The van der Waals surface area contributed by atoms with Crippen LogP contribution in [0.4, 0.5) is 5.69 Å². The van der Waals surface area contributed by atoms with Gasteiger partial charge in [0.2, 0.25) is 0 Å². The molecule has 7 heteroatoms. The summed E-state index contributed by atoms with van der Waals surface area (Å²) >= 11 is 12.1. The van der Waals surface area contributed by atoms with Gasteiger partial charge in [0.25, 0.3) is 5.91 Å². The summed E-state index contributed by atoms with van der Waals surface area (Å²) in [4.78, 5) is 24.3. The maximum Gasteiger partial charge on any atom is 0.331 e. The highest BCUT2D eigenvalue weighted by atomic mass is 35.5. The summed E-state index contributed by atoms with van der Waals surface area (Å²) in [5, 5.41) is 3.50. The molecular weight excluding hydrogens is 389 g/mol. The van der Waals surface area contributed by atoms with Gasteiger partial charge in [-0.05, 0) is 44.2 Å². The Bertz CT molecular complexity index is 831. The zero-order valence-electron chi connectivity index (χ0n) is 14.9. The lowest BCUT2D eigenvalue weighted by Crippen LogP contribution is -2.29.